The van der Waals surface area contributed by atoms with Gasteiger partial charge >= 0.3 is 6.18 Å². The van der Waals surface area contributed by atoms with Gasteiger partial charge in [0.2, 0.25) is 5.24 Å². The summed E-state index contributed by atoms with van der Waals surface area (Å²) in [6.45, 7) is -0.0343. The Balaban J connectivity index is 2.73. The van der Waals surface area contributed by atoms with Crippen LogP contribution in [0.25, 0.3) is 0 Å². The molecular formula is C10H7Cl2F3O2. The molecule has 0 unspecified atom stereocenters. The summed E-state index contributed by atoms with van der Waals surface area (Å²) in [4.78, 5) is 10.4. The lowest BCUT2D eigenvalue weighted by molar-refractivity contribution is -0.137. The highest BCUT2D eigenvalue weighted by Crippen LogP contribution is 2.34. The van der Waals surface area contributed by atoms with E-state index >= 15 is 0 Å². The molecule has 94 valence electrons. The van der Waals surface area contributed by atoms with Crippen molar-refractivity contribution in [2.75, 3.05) is 6.61 Å². The molecule has 0 radical (unpaired) electrons. The van der Waals surface area contributed by atoms with E-state index in [2.05, 4.69) is 0 Å². The van der Waals surface area contributed by atoms with Crippen LogP contribution in [0.5, 0.6) is 5.75 Å². The van der Waals surface area contributed by atoms with Crippen LogP contribution in [0.1, 0.15) is 12.0 Å². The van der Waals surface area contributed by atoms with Gasteiger partial charge in [-0.25, -0.2) is 0 Å². The van der Waals surface area contributed by atoms with Crippen molar-refractivity contribution >= 4 is 28.4 Å². The molecule has 0 spiro atoms. The largest absolute Gasteiger partial charge is 0.492 e. The molecule has 0 atom stereocenters. The van der Waals surface area contributed by atoms with Gasteiger partial charge in [-0.05, 0) is 29.8 Å². The second kappa shape index (κ2) is 5.60. The van der Waals surface area contributed by atoms with Gasteiger partial charge in [-0.2, -0.15) is 13.2 Å². The molecule has 0 heterocycles. The Labute approximate surface area is 105 Å². The summed E-state index contributed by atoms with van der Waals surface area (Å²) in [6.07, 6.45) is -4.49. The maximum absolute atomic E-state index is 12.3. The monoisotopic (exact) mass is 286 g/mol. The molecule has 0 bridgehead atoms. The molecule has 0 fully saturated rings. The Hall–Kier alpha value is -0.940. The van der Waals surface area contributed by atoms with Crippen molar-refractivity contribution in [1.82, 2.24) is 0 Å². The van der Waals surface area contributed by atoms with Crippen LogP contribution in [-0.4, -0.2) is 11.8 Å². The molecule has 7 heteroatoms. The SMILES string of the molecule is O=C(Cl)CCOc1ccc(C(F)(F)F)cc1Cl. The third-order valence-corrected chi connectivity index (χ3v) is 2.30. The van der Waals surface area contributed by atoms with Crippen molar-refractivity contribution in [3.63, 3.8) is 0 Å². The van der Waals surface area contributed by atoms with Crippen molar-refractivity contribution < 1.29 is 22.7 Å². The Kier molecular flexibility index (Phi) is 4.65. The molecule has 0 aliphatic carbocycles. The summed E-state index contributed by atoms with van der Waals surface area (Å²) in [5.41, 5.74) is -0.858. The molecule has 0 aliphatic rings. The van der Waals surface area contributed by atoms with Crippen molar-refractivity contribution in [2.24, 2.45) is 0 Å². The average molecular weight is 287 g/mol. The number of carbonyl (C=O) groups is 1. The Morgan fingerprint density at radius 1 is 1.35 bits per heavy atom. The number of ether oxygens (including phenoxy) is 1. The van der Waals surface area contributed by atoms with Crippen molar-refractivity contribution in [3.05, 3.63) is 28.8 Å². The van der Waals surface area contributed by atoms with E-state index in [9.17, 15) is 18.0 Å². The van der Waals surface area contributed by atoms with E-state index in [0.29, 0.717) is 0 Å². The van der Waals surface area contributed by atoms with E-state index in [1.165, 1.54) is 0 Å². The van der Waals surface area contributed by atoms with Gasteiger partial charge in [-0.1, -0.05) is 11.6 Å². The summed E-state index contributed by atoms with van der Waals surface area (Å²) in [7, 11) is 0. The molecule has 0 saturated heterocycles. The first kappa shape index (κ1) is 14.1. The minimum atomic E-state index is -4.45. The quantitative estimate of drug-likeness (QED) is 0.785. The first-order valence-corrected chi connectivity index (χ1v) is 5.24. The van der Waals surface area contributed by atoms with E-state index in [-0.39, 0.29) is 23.8 Å². The lowest BCUT2D eigenvalue weighted by atomic mass is 10.2. The number of carbonyl (C=O) groups excluding carboxylic acids is 1. The molecule has 1 aromatic rings. The molecule has 0 amide bonds. The zero-order valence-corrected chi connectivity index (χ0v) is 9.86. The predicted octanol–water partition coefficient (Wildman–Crippen LogP) is 3.89. The van der Waals surface area contributed by atoms with Crippen LogP contribution in [0.2, 0.25) is 5.02 Å². The van der Waals surface area contributed by atoms with Crippen LogP contribution >= 0.6 is 23.2 Å². The highest BCUT2D eigenvalue weighted by Gasteiger charge is 2.31. The Morgan fingerprint density at radius 3 is 2.47 bits per heavy atom. The molecule has 0 aromatic heterocycles. The van der Waals surface area contributed by atoms with Crippen molar-refractivity contribution in [1.29, 1.82) is 0 Å². The second-order valence-corrected chi connectivity index (χ2v) is 3.93. The molecule has 2 nitrogen and oxygen atoms in total. The van der Waals surface area contributed by atoms with Crippen LogP contribution in [0, 0.1) is 0 Å². The van der Waals surface area contributed by atoms with Crippen molar-refractivity contribution in [2.45, 2.75) is 12.6 Å². The fourth-order valence-corrected chi connectivity index (χ4v) is 1.35. The van der Waals surface area contributed by atoms with Gasteiger partial charge in [0.1, 0.15) is 5.75 Å². The van der Waals surface area contributed by atoms with Gasteiger partial charge in [0.15, 0.2) is 0 Å². The zero-order chi connectivity index (χ0) is 13.1. The second-order valence-electron chi connectivity index (χ2n) is 3.10. The van der Waals surface area contributed by atoms with E-state index < -0.39 is 17.0 Å². The summed E-state index contributed by atoms with van der Waals surface area (Å²) >= 11 is 10.7. The van der Waals surface area contributed by atoms with Crippen LogP contribution in [-0.2, 0) is 11.0 Å². The lowest BCUT2D eigenvalue weighted by Gasteiger charge is -2.10. The molecular weight excluding hydrogens is 280 g/mol. The standard InChI is InChI=1S/C10H7Cl2F3O2/c11-7-5-6(10(13,14)15)1-2-8(7)17-4-3-9(12)16/h1-2,5H,3-4H2. The van der Waals surface area contributed by atoms with E-state index in [0.717, 1.165) is 18.2 Å². The number of alkyl halides is 3. The van der Waals surface area contributed by atoms with Crippen molar-refractivity contribution in [3.8, 4) is 5.75 Å². The van der Waals surface area contributed by atoms with Gasteiger partial charge in [-0.3, -0.25) is 4.79 Å². The summed E-state index contributed by atoms with van der Waals surface area (Å²) in [5, 5.41) is -0.755. The molecule has 1 aromatic carbocycles. The lowest BCUT2D eigenvalue weighted by Crippen LogP contribution is -2.06. The fraction of sp³-hybridized carbons (Fsp3) is 0.300. The highest BCUT2D eigenvalue weighted by atomic mass is 35.5. The van der Waals surface area contributed by atoms with Crippen LogP contribution in [0.15, 0.2) is 18.2 Å². The topological polar surface area (TPSA) is 26.3 Å². The summed E-state index contributed by atoms with van der Waals surface area (Å²) < 4.78 is 41.9. The summed E-state index contributed by atoms with van der Waals surface area (Å²) in [6, 6.07) is 2.72. The van der Waals surface area contributed by atoms with Gasteiger partial charge in [-0.15, -0.1) is 0 Å². The molecule has 1 rings (SSSR count). The van der Waals surface area contributed by atoms with Crippen LogP contribution in [0.4, 0.5) is 13.2 Å². The predicted molar refractivity (Wildman–Crippen MR) is 57.4 cm³/mol. The number of hydrogen-bond donors (Lipinski definition) is 0. The molecule has 0 saturated carbocycles. The maximum Gasteiger partial charge on any atom is 0.416 e. The number of rotatable bonds is 4. The van der Waals surface area contributed by atoms with Gasteiger partial charge in [0, 0.05) is 0 Å². The fourth-order valence-electron chi connectivity index (χ4n) is 1.04. The molecule has 0 aliphatic heterocycles. The average Bonchev–Trinajstić information content (AvgIpc) is 2.18. The van der Waals surface area contributed by atoms with E-state index in [1.54, 1.807) is 0 Å². The minimum absolute atomic E-state index is 0.0343. The van der Waals surface area contributed by atoms with Gasteiger partial charge in [0.05, 0.1) is 23.6 Å². The first-order chi connectivity index (χ1) is 7.80. The van der Waals surface area contributed by atoms with E-state index in [4.69, 9.17) is 27.9 Å². The van der Waals surface area contributed by atoms with Gasteiger partial charge < -0.3 is 4.74 Å². The minimum Gasteiger partial charge on any atom is -0.492 e. The molecule has 0 N–H and O–H groups in total. The van der Waals surface area contributed by atoms with E-state index in [1.807, 2.05) is 0 Å². The third kappa shape index (κ3) is 4.44. The number of benzene rings is 1. The summed E-state index contributed by atoms with van der Waals surface area (Å²) in [5.74, 6) is 0.0811. The number of halogens is 5. The smallest absolute Gasteiger partial charge is 0.416 e. The third-order valence-electron chi connectivity index (χ3n) is 1.82. The van der Waals surface area contributed by atoms with Crippen LogP contribution in [0.3, 0.4) is 0 Å². The van der Waals surface area contributed by atoms with Gasteiger partial charge in [0.25, 0.3) is 0 Å². The highest BCUT2D eigenvalue weighted by molar-refractivity contribution is 6.63. The van der Waals surface area contributed by atoms with Crippen LogP contribution < -0.4 is 4.74 Å². The normalized spacial score (nSPS) is 11.4. The maximum atomic E-state index is 12.3. The zero-order valence-electron chi connectivity index (χ0n) is 8.35. The first-order valence-electron chi connectivity index (χ1n) is 4.48. The Morgan fingerprint density at radius 2 is 2.00 bits per heavy atom. The molecule has 17 heavy (non-hydrogen) atoms. The number of hydrogen-bond acceptors (Lipinski definition) is 2. The Bertz CT molecular complexity index is 419.